The number of carbonyl (C=O) groups is 1. The maximum atomic E-state index is 12.2. The van der Waals surface area contributed by atoms with Gasteiger partial charge in [-0.3, -0.25) is 4.79 Å². The molecule has 0 saturated carbocycles. The summed E-state index contributed by atoms with van der Waals surface area (Å²) in [6.45, 7) is 6.45. The van der Waals surface area contributed by atoms with Crippen molar-refractivity contribution >= 4 is 35.1 Å². The Morgan fingerprint density at radius 3 is 2.62 bits per heavy atom. The maximum Gasteiger partial charge on any atom is 0.270 e. The van der Waals surface area contributed by atoms with E-state index in [0.717, 1.165) is 5.56 Å². The van der Waals surface area contributed by atoms with Crippen LogP contribution < -0.4 is 10.6 Å². The molecule has 0 aliphatic rings. The molecule has 0 spiro atoms. The molecule has 0 bridgehead atoms. The van der Waals surface area contributed by atoms with Gasteiger partial charge in [-0.15, -0.1) is 0 Å². The fourth-order valence-corrected chi connectivity index (χ4v) is 2.51. The van der Waals surface area contributed by atoms with Gasteiger partial charge in [-0.2, -0.15) is 0 Å². The third kappa shape index (κ3) is 5.65. The van der Waals surface area contributed by atoms with Crippen molar-refractivity contribution in [1.29, 1.82) is 0 Å². The number of amides is 1. The molecule has 2 N–H and O–H groups in total. The Kier molecular flexibility index (Phi) is 6.02. The quantitative estimate of drug-likeness (QED) is 0.839. The molecule has 0 aliphatic heterocycles. The molecule has 0 atom stereocenters. The zero-order valence-electron chi connectivity index (χ0n) is 13.9. The summed E-state index contributed by atoms with van der Waals surface area (Å²) in [4.78, 5) is 20.6. The van der Waals surface area contributed by atoms with E-state index in [4.69, 9.17) is 23.2 Å². The average molecular weight is 367 g/mol. The van der Waals surface area contributed by atoms with Crippen LogP contribution in [0.25, 0.3) is 0 Å². The largest absolute Gasteiger partial charge is 0.350 e. The molecule has 0 fully saturated rings. The molecule has 128 valence electrons. The van der Waals surface area contributed by atoms with Crippen molar-refractivity contribution in [3.05, 3.63) is 51.8 Å². The van der Waals surface area contributed by atoms with E-state index < -0.39 is 0 Å². The molecule has 1 heterocycles. The van der Waals surface area contributed by atoms with Crippen molar-refractivity contribution < 1.29 is 4.79 Å². The smallest absolute Gasteiger partial charge is 0.270 e. The molecule has 0 aliphatic carbocycles. The van der Waals surface area contributed by atoms with Gasteiger partial charge in [-0.25, -0.2) is 9.97 Å². The zero-order chi connectivity index (χ0) is 17.7. The molecule has 2 aromatic rings. The molecule has 0 saturated heterocycles. The van der Waals surface area contributed by atoms with E-state index in [1.54, 1.807) is 24.4 Å². The second-order valence-electron chi connectivity index (χ2n) is 6.38. The Balaban J connectivity index is 1.94. The predicted molar refractivity (Wildman–Crippen MR) is 97.9 cm³/mol. The first-order valence-corrected chi connectivity index (χ1v) is 8.33. The van der Waals surface area contributed by atoms with E-state index in [0.29, 0.717) is 34.7 Å². The van der Waals surface area contributed by atoms with Gasteiger partial charge >= 0.3 is 0 Å². The van der Waals surface area contributed by atoms with Crippen LogP contribution in [0.1, 0.15) is 36.8 Å². The van der Waals surface area contributed by atoms with Gasteiger partial charge in [0.15, 0.2) is 0 Å². The number of hydrogen-bond donors (Lipinski definition) is 2. The van der Waals surface area contributed by atoms with Crippen molar-refractivity contribution in [2.45, 2.75) is 32.7 Å². The van der Waals surface area contributed by atoms with E-state index >= 15 is 0 Å². The lowest BCUT2D eigenvalue weighted by Gasteiger charge is -2.20. The van der Waals surface area contributed by atoms with E-state index in [1.807, 2.05) is 26.8 Å². The topological polar surface area (TPSA) is 66.9 Å². The Labute approximate surface area is 151 Å². The molecular formula is C17H20Cl2N4O. The van der Waals surface area contributed by atoms with Gasteiger partial charge in [0.25, 0.3) is 5.91 Å². The second-order valence-corrected chi connectivity index (χ2v) is 7.23. The number of anilines is 1. The summed E-state index contributed by atoms with van der Waals surface area (Å²) in [5.74, 6) is 0.176. The zero-order valence-corrected chi connectivity index (χ0v) is 15.4. The standard InChI is InChI=1S/C17H20Cl2N4O/c1-17(2,3)23-16-21-9-7-14(22-16)15(24)20-8-6-11-4-5-12(18)10-13(11)19/h4-5,7,9-10H,6,8H2,1-3H3,(H,20,24)(H,21,22,23). The highest BCUT2D eigenvalue weighted by Crippen LogP contribution is 2.21. The lowest BCUT2D eigenvalue weighted by molar-refractivity contribution is 0.0949. The lowest BCUT2D eigenvalue weighted by atomic mass is 10.1. The number of aromatic nitrogens is 2. The van der Waals surface area contributed by atoms with Crippen LogP contribution >= 0.6 is 23.2 Å². The third-order valence-corrected chi connectivity index (χ3v) is 3.66. The van der Waals surface area contributed by atoms with Crippen LogP contribution in [-0.4, -0.2) is 28.0 Å². The molecular weight excluding hydrogens is 347 g/mol. The number of hydrogen-bond acceptors (Lipinski definition) is 4. The first-order chi connectivity index (χ1) is 11.2. The van der Waals surface area contributed by atoms with Crippen molar-refractivity contribution in [3.63, 3.8) is 0 Å². The molecule has 1 amide bonds. The van der Waals surface area contributed by atoms with Crippen LogP contribution in [0.5, 0.6) is 0 Å². The number of benzene rings is 1. The fraction of sp³-hybridized carbons (Fsp3) is 0.353. The SMILES string of the molecule is CC(C)(C)Nc1nccc(C(=O)NCCc2ccc(Cl)cc2Cl)n1. The van der Waals surface area contributed by atoms with Crippen molar-refractivity contribution in [2.24, 2.45) is 0 Å². The summed E-state index contributed by atoms with van der Waals surface area (Å²) in [7, 11) is 0. The minimum absolute atomic E-state index is 0.180. The van der Waals surface area contributed by atoms with Gasteiger partial charge in [0, 0.05) is 28.3 Å². The number of halogens is 2. The molecule has 7 heteroatoms. The first-order valence-electron chi connectivity index (χ1n) is 7.58. The summed E-state index contributed by atoms with van der Waals surface area (Å²) in [6, 6.07) is 6.90. The highest BCUT2D eigenvalue weighted by molar-refractivity contribution is 6.35. The molecule has 24 heavy (non-hydrogen) atoms. The number of rotatable bonds is 5. The van der Waals surface area contributed by atoms with Crippen LogP contribution in [0, 0.1) is 0 Å². The molecule has 1 aromatic carbocycles. The lowest BCUT2D eigenvalue weighted by Crippen LogP contribution is -2.29. The Bertz CT molecular complexity index is 729. The highest BCUT2D eigenvalue weighted by Gasteiger charge is 2.13. The second kappa shape index (κ2) is 7.81. The number of nitrogens with one attached hydrogen (secondary N) is 2. The monoisotopic (exact) mass is 366 g/mol. The molecule has 2 rings (SSSR count). The van der Waals surface area contributed by atoms with Gasteiger partial charge in [-0.1, -0.05) is 29.3 Å². The molecule has 0 unspecified atom stereocenters. The highest BCUT2D eigenvalue weighted by atomic mass is 35.5. The van der Waals surface area contributed by atoms with E-state index in [2.05, 4.69) is 20.6 Å². The average Bonchev–Trinajstić information content (AvgIpc) is 2.48. The van der Waals surface area contributed by atoms with Crippen LogP contribution in [0.15, 0.2) is 30.5 Å². The van der Waals surface area contributed by atoms with E-state index in [-0.39, 0.29) is 11.4 Å². The van der Waals surface area contributed by atoms with E-state index in [9.17, 15) is 4.79 Å². The van der Waals surface area contributed by atoms with Gasteiger partial charge in [-0.05, 0) is 51.0 Å². The van der Waals surface area contributed by atoms with Gasteiger partial charge in [0.1, 0.15) is 5.69 Å². The molecule has 5 nitrogen and oxygen atoms in total. The summed E-state index contributed by atoms with van der Waals surface area (Å²) >= 11 is 12.0. The Hall–Kier alpha value is -1.85. The Morgan fingerprint density at radius 2 is 1.96 bits per heavy atom. The van der Waals surface area contributed by atoms with Crippen LogP contribution in [0.2, 0.25) is 10.0 Å². The molecule has 1 aromatic heterocycles. The molecule has 0 radical (unpaired) electrons. The maximum absolute atomic E-state index is 12.2. The van der Waals surface area contributed by atoms with Crippen LogP contribution in [-0.2, 0) is 6.42 Å². The number of carbonyl (C=O) groups excluding carboxylic acids is 1. The van der Waals surface area contributed by atoms with Gasteiger partial charge < -0.3 is 10.6 Å². The minimum atomic E-state index is -0.251. The third-order valence-electron chi connectivity index (χ3n) is 3.07. The Morgan fingerprint density at radius 1 is 1.21 bits per heavy atom. The van der Waals surface area contributed by atoms with Crippen molar-refractivity contribution in [3.8, 4) is 0 Å². The first kappa shape index (κ1) is 18.5. The predicted octanol–water partition coefficient (Wildman–Crippen LogP) is 3.97. The summed E-state index contributed by atoms with van der Waals surface area (Å²) in [5, 5.41) is 7.15. The van der Waals surface area contributed by atoms with E-state index in [1.165, 1.54) is 0 Å². The summed E-state index contributed by atoms with van der Waals surface area (Å²) in [6.07, 6.45) is 2.17. The van der Waals surface area contributed by atoms with Crippen LogP contribution in [0.3, 0.4) is 0 Å². The minimum Gasteiger partial charge on any atom is -0.350 e. The fourth-order valence-electron chi connectivity index (χ4n) is 2.01. The van der Waals surface area contributed by atoms with Crippen LogP contribution in [0.4, 0.5) is 5.95 Å². The summed E-state index contributed by atoms with van der Waals surface area (Å²) < 4.78 is 0. The summed E-state index contributed by atoms with van der Waals surface area (Å²) in [5.41, 5.74) is 1.07. The van der Waals surface area contributed by atoms with Crippen molar-refractivity contribution in [2.75, 3.05) is 11.9 Å². The van der Waals surface area contributed by atoms with Gasteiger partial charge in [0.05, 0.1) is 0 Å². The normalized spacial score (nSPS) is 11.2. The number of nitrogens with zero attached hydrogens (tertiary/aromatic N) is 2. The van der Waals surface area contributed by atoms with Gasteiger partial charge in [0.2, 0.25) is 5.95 Å². The van der Waals surface area contributed by atoms with Crippen molar-refractivity contribution in [1.82, 2.24) is 15.3 Å².